The first-order chi connectivity index (χ1) is 22.1. The Morgan fingerprint density at radius 1 is 1.09 bits per heavy atom. The summed E-state index contributed by atoms with van der Waals surface area (Å²) in [5.74, 6) is 12.3. The van der Waals surface area contributed by atoms with Crippen molar-refractivity contribution in [2.75, 3.05) is 36.6 Å². The molecule has 12 nitrogen and oxygen atoms in total. The molecule has 4 aromatic rings. The van der Waals surface area contributed by atoms with E-state index < -0.39 is 11.5 Å². The number of rotatable bonds is 11. The number of benzene rings is 3. The Bertz CT molecular complexity index is 1770. The number of nitrogens with zero attached hydrogens (tertiary/aromatic N) is 3. The highest BCUT2D eigenvalue weighted by molar-refractivity contribution is 5.96. The number of amidine groups is 1. The van der Waals surface area contributed by atoms with E-state index >= 15 is 0 Å². The number of carbonyl (C=O) groups is 2. The van der Waals surface area contributed by atoms with E-state index in [1.54, 1.807) is 24.2 Å². The number of hydrazine groups is 1. The number of nitrogens with one attached hydrogen (secondary N) is 3. The van der Waals surface area contributed by atoms with Crippen molar-refractivity contribution in [3.8, 4) is 0 Å². The van der Waals surface area contributed by atoms with Gasteiger partial charge >= 0.3 is 6.09 Å². The molecular weight excluding hydrogens is 582 g/mol. The van der Waals surface area contributed by atoms with E-state index in [4.69, 9.17) is 22.2 Å². The number of likely N-dealkylation sites (N-methyl/N-ethyl adjacent to an activating group) is 1. The van der Waals surface area contributed by atoms with Crippen LogP contribution in [-0.4, -0.2) is 47.9 Å². The highest BCUT2D eigenvalue weighted by Crippen LogP contribution is 2.50. The fraction of sp³-hybridized carbons (Fsp3) is 0.294. The fourth-order valence-corrected chi connectivity index (χ4v) is 5.88. The van der Waals surface area contributed by atoms with E-state index in [2.05, 4.69) is 26.1 Å². The minimum atomic E-state index is -0.561. The highest BCUT2D eigenvalue weighted by atomic mass is 16.5. The summed E-state index contributed by atoms with van der Waals surface area (Å²) in [4.78, 5) is 31.8. The van der Waals surface area contributed by atoms with Gasteiger partial charge in [-0.05, 0) is 83.8 Å². The van der Waals surface area contributed by atoms with Crippen molar-refractivity contribution >= 4 is 45.8 Å². The molecule has 1 aliphatic carbocycles. The second-order valence-electron chi connectivity index (χ2n) is 11.8. The number of hydrazone groups is 1. The summed E-state index contributed by atoms with van der Waals surface area (Å²) in [5.41, 5.74) is 13.5. The van der Waals surface area contributed by atoms with Gasteiger partial charge in [-0.15, -0.1) is 0 Å². The maximum absolute atomic E-state index is 13.3. The van der Waals surface area contributed by atoms with Gasteiger partial charge in [0.15, 0.2) is 0 Å². The molecule has 2 amide bonds. The summed E-state index contributed by atoms with van der Waals surface area (Å²) < 4.78 is 5.57. The lowest BCUT2D eigenvalue weighted by atomic mass is 9.89. The third-order valence-electron chi connectivity index (χ3n) is 8.59. The van der Waals surface area contributed by atoms with Crippen LogP contribution in [-0.2, 0) is 21.5 Å². The topological polar surface area (TPSA) is 186 Å². The summed E-state index contributed by atoms with van der Waals surface area (Å²) in [7, 11) is 1.74. The van der Waals surface area contributed by atoms with Gasteiger partial charge in [0.25, 0.3) is 0 Å². The monoisotopic (exact) mass is 623 g/mol. The Morgan fingerprint density at radius 3 is 2.57 bits per heavy atom. The molecule has 0 radical (unpaired) electrons. The average Bonchev–Trinajstić information content (AvgIpc) is 3.85. The molecule has 1 heterocycles. The Hall–Kier alpha value is -5.36. The molecule has 1 atom stereocenters. The molecule has 46 heavy (non-hydrogen) atoms. The number of amides is 2. The number of hydrogen-bond acceptors (Lipinski definition) is 9. The lowest BCUT2D eigenvalue weighted by Gasteiger charge is -2.25. The number of nitrogens with two attached hydrogens (primary N) is 3. The predicted octanol–water partition coefficient (Wildman–Crippen LogP) is 4.32. The van der Waals surface area contributed by atoms with Crippen LogP contribution in [0.4, 0.5) is 22.0 Å². The van der Waals surface area contributed by atoms with E-state index in [1.807, 2.05) is 74.5 Å². The molecule has 1 aromatic heterocycles. The normalized spacial score (nSPS) is 14.3. The van der Waals surface area contributed by atoms with Crippen molar-refractivity contribution < 1.29 is 14.3 Å². The van der Waals surface area contributed by atoms with Gasteiger partial charge in [-0.2, -0.15) is 5.10 Å². The number of nitrogen functional groups attached to an aromatic ring is 1. The largest absolute Gasteiger partial charge is 0.449 e. The number of aryl methyl sites for hydroxylation is 1. The van der Waals surface area contributed by atoms with E-state index in [-0.39, 0.29) is 31.5 Å². The smallest absolute Gasteiger partial charge is 0.411 e. The van der Waals surface area contributed by atoms with Gasteiger partial charge in [0, 0.05) is 42.5 Å². The molecule has 3 aromatic carbocycles. The van der Waals surface area contributed by atoms with Gasteiger partial charge in [-0.3, -0.25) is 10.1 Å². The average molecular weight is 624 g/mol. The van der Waals surface area contributed by atoms with Crippen molar-refractivity contribution in [2.24, 2.45) is 16.8 Å². The summed E-state index contributed by atoms with van der Waals surface area (Å²) >= 11 is 0. The Morgan fingerprint density at radius 2 is 1.85 bits per heavy atom. The first-order valence-electron chi connectivity index (χ1n) is 15.1. The third kappa shape index (κ3) is 6.97. The summed E-state index contributed by atoms with van der Waals surface area (Å²) in [6, 6.07) is 21.2. The van der Waals surface area contributed by atoms with Crippen molar-refractivity contribution in [3.05, 3.63) is 95.2 Å². The molecule has 0 aliphatic heterocycles. The van der Waals surface area contributed by atoms with Gasteiger partial charge < -0.3 is 32.0 Å². The minimum Gasteiger partial charge on any atom is -0.449 e. The van der Waals surface area contributed by atoms with Crippen molar-refractivity contribution in [1.29, 1.82) is 0 Å². The number of anilines is 3. The second kappa shape index (κ2) is 13.7. The predicted molar refractivity (Wildman–Crippen MR) is 182 cm³/mol. The van der Waals surface area contributed by atoms with Crippen LogP contribution in [0.1, 0.15) is 47.9 Å². The van der Waals surface area contributed by atoms with Crippen LogP contribution < -0.4 is 33.5 Å². The van der Waals surface area contributed by atoms with Crippen LogP contribution in [0.25, 0.3) is 10.8 Å². The molecule has 0 saturated heterocycles. The molecule has 9 N–H and O–H groups in total. The quantitative estimate of drug-likeness (QED) is 0.0613. The lowest BCUT2D eigenvalue weighted by Crippen LogP contribution is -2.41. The maximum atomic E-state index is 13.3. The Balaban J connectivity index is 1.29. The number of fused-ring (bicyclic) bond motifs is 1. The van der Waals surface area contributed by atoms with E-state index in [0.717, 1.165) is 51.6 Å². The highest BCUT2D eigenvalue weighted by Gasteiger charge is 2.50. The van der Waals surface area contributed by atoms with Crippen LogP contribution in [0.2, 0.25) is 0 Å². The van der Waals surface area contributed by atoms with Gasteiger partial charge in [0.1, 0.15) is 11.7 Å². The van der Waals surface area contributed by atoms with Crippen LogP contribution in [0.5, 0.6) is 0 Å². The van der Waals surface area contributed by atoms with Crippen LogP contribution in [0.3, 0.4) is 0 Å². The maximum Gasteiger partial charge on any atom is 0.411 e. The molecular formula is C34H41N9O3. The fourth-order valence-electron chi connectivity index (χ4n) is 5.88. The minimum absolute atomic E-state index is 0.0374. The van der Waals surface area contributed by atoms with E-state index in [9.17, 15) is 9.59 Å². The van der Waals surface area contributed by atoms with E-state index in [0.29, 0.717) is 17.3 Å². The van der Waals surface area contributed by atoms with Gasteiger partial charge in [-0.25, -0.2) is 15.6 Å². The second-order valence-corrected chi connectivity index (χ2v) is 11.8. The summed E-state index contributed by atoms with van der Waals surface area (Å²) in [5, 5.41) is 11.7. The first kappa shape index (κ1) is 32.0. The van der Waals surface area contributed by atoms with Crippen LogP contribution in [0, 0.1) is 6.92 Å². The molecule has 1 fully saturated rings. The van der Waals surface area contributed by atoms with Crippen LogP contribution in [0.15, 0.2) is 78.0 Å². The van der Waals surface area contributed by atoms with Gasteiger partial charge in [-0.1, -0.05) is 37.3 Å². The van der Waals surface area contributed by atoms with Crippen LogP contribution >= 0.6 is 0 Å². The number of carbonyl (C=O) groups excluding carboxylic acids is 2. The molecule has 240 valence electrons. The lowest BCUT2D eigenvalue weighted by molar-refractivity contribution is -0.128. The van der Waals surface area contributed by atoms with Crippen molar-refractivity contribution in [2.45, 2.75) is 44.6 Å². The van der Waals surface area contributed by atoms with Gasteiger partial charge in [0.05, 0.1) is 18.6 Å². The Kier molecular flexibility index (Phi) is 9.57. The summed E-state index contributed by atoms with van der Waals surface area (Å²) in [6.07, 6.45) is 2.66. The zero-order chi connectivity index (χ0) is 32.8. The zero-order valence-corrected chi connectivity index (χ0v) is 26.3. The van der Waals surface area contributed by atoms with Crippen molar-refractivity contribution in [3.63, 3.8) is 0 Å². The standard InChI is InChI=1S/C34H41N9O3/c1-21-6-4-5-7-27(21)22(2)20-46-33(45)40-26-9-11-29(34(13-14-34)32(41-36)42-37)24(17-26)19-43(3)30(44)18-39-25-8-10-28-23(16-25)12-15-38-31(28)35/h4-12,15-17,22,39H,13-14,18-20,36-37H2,1-3H3,(H2,35,38)(H,40,45)(H,41,42). The number of hydrogen-bond donors (Lipinski definition) is 6. The molecule has 1 saturated carbocycles. The summed E-state index contributed by atoms with van der Waals surface area (Å²) in [6.45, 7) is 4.64. The molecule has 0 spiro atoms. The number of ether oxygens (including phenoxy) is 1. The molecule has 12 heteroatoms. The number of aromatic nitrogens is 1. The SMILES string of the molecule is Cc1ccccc1C(C)COC(=O)Nc1ccc(C2(/C(=N/N)NN)CC2)c(CN(C)C(=O)CNc2ccc3c(N)nccc3c2)c1. The first-order valence-corrected chi connectivity index (χ1v) is 15.1. The Labute approximate surface area is 268 Å². The van der Waals surface area contributed by atoms with Gasteiger partial charge in [0.2, 0.25) is 5.91 Å². The zero-order valence-electron chi connectivity index (χ0n) is 26.3. The molecule has 5 rings (SSSR count). The molecule has 1 unspecified atom stereocenters. The van der Waals surface area contributed by atoms with E-state index in [1.165, 1.54) is 0 Å². The molecule has 1 aliphatic rings. The molecule has 0 bridgehead atoms. The van der Waals surface area contributed by atoms with Crippen molar-refractivity contribution in [1.82, 2.24) is 15.3 Å². The third-order valence-corrected chi connectivity index (χ3v) is 8.59. The number of pyridine rings is 1.